The van der Waals surface area contributed by atoms with Crippen LogP contribution >= 0.6 is 0 Å². The first-order valence-corrected chi connectivity index (χ1v) is 7.78. The topological polar surface area (TPSA) is 71.2 Å². The van der Waals surface area contributed by atoms with Crippen LogP contribution in [0.25, 0.3) is 5.69 Å². The first-order chi connectivity index (χ1) is 10.9. The van der Waals surface area contributed by atoms with E-state index in [1.807, 2.05) is 30.3 Å². The number of hydrogen-bond acceptors (Lipinski definition) is 4. The number of carbonyl (C=O) groups is 1. The number of benzene rings is 1. The molecule has 0 bridgehead atoms. The van der Waals surface area contributed by atoms with Gasteiger partial charge in [-0.2, -0.15) is 0 Å². The standard InChI is InChI=1S/C17H24N4O2/c1-17(2,3)12-20(10-7-11-22)16(23)15-18-13-21(19-15)14-8-5-4-6-9-14/h4-6,8-9,13,22H,7,10-12H2,1-3H3. The number of aliphatic hydroxyl groups is 1. The molecular formula is C17H24N4O2. The maximum atomic E-state index is 12.7. The Hall–Kier alpha value is -2.21. The molecule has 1 aromatic heterocycles. The summed E-state index contributed by atoms with van der Waals surface area (Å²) in [6.45, 7) is 7.35. The van der Waals surface area contributed by atoms with Gasteiger partial charge in [0, 0.05) is 19.7 Å². The van der Waals surface area contributed by atoms with Crippen LogP contribution in [0.2, 0.25) is 0 Å². The number of hydrogen-bond donors (Lipinski definition) is 1. The molecule has 6 nitrogen and oxygen atoms in total. The van der Waals surface area contributed by atoms with Gasteiger partial charge in [-0.3, -0.25) is 4.79 Å². The fourth-order valence-electron chi connectivity index (χ4n) is 2.29. The van der Waals surface area contributed by atoms with Crippen LogP contribution < -0.4 is 0 Å². The highest BCUT2D eigenvalue weighted by atomic mass is 16.3. The van der Waals surface area contributed by atoms with E-state index in [9.17, 15) is 4.79 Å². The number of carbonyl (C=O) groups excluding carboxylic acids is 1. The van der Waals surface area contributed by atoms with Gasteiger partial charge in [-0.1, -0.05) is 39.0 Å². The molecule has 6 heteroatoms. The van der Waals surface area contributed by atoms with Gasteiger partial charge in [0.25, 0.3) is 5.91 Å². The largest absolute Gasteiger partial charge is 0.396 e. The third-order valence-electron chi connectivity index (χ3n) is 3.24. The van der Waals surface area contributed by atoms with E-state index >= 15 is 0 Å². The van der Waals surface area contributed by atoms with Crippen molar-refractivity contribution in [2.75, 3.05) is 19.7 Å². The Labute approximate surface area is 136 Å². The molecule has 1 aromatic carbocycles. The molecule has 0 unspecified atom stereocenters. The predicted octanol–water partition coefficient (Wildman–Crippen LogP) is 2.14. The van der Waals surface area contributed by atoms with Gasteiger partial charge in [0.05, 0.1) is 5.69 Å². The smallest absolute Gasteiger partial charge is 0.293 e. The van der Waals surface area contributed by atoms with Crippen molar-refractivity contribution in [1.29, 1.82) is 0 Å². The Kier molecular flexibility index (Phi) is 5.50. The molecule has 2 rings (SSSR count). The first-order valence-electron chi connectivity index (χ1n) is 7.78. The normalized spacial score (nSPS) is 11.5. The molecule has 0 radical (unpaired) electrons. The Morgan fingerprint density at radius 3 is 2.57 bits per heavy atom. The summed E-state index contributed by atoms with van der Waals surface area (Å²) in [4.78, 5) is 18.5. The number of nitrogens with zero attached hydrogens (tertiary/aromatic N) is 4. The minimum atomic E-state index is -0.206. The molecule has 1 heterocycles. The number of amides is 1. The van der Waals surface area contributed by atoms with E-state index in [2.05, 4.69) is 30.9 Å². The van der Waals surface area contributed by atoms with Crippen LogP contribution in [0.3, 0.4) is 0 Å². The van der Waals surface area contributed by atoms with Crippen molar-refractivity contribution in [3.8, 4) is 5.69 Å². The Morgan fingerprint density at radius 2 is 1.96 bits per heavy atom. The summed E-state index contributed by atoms with van der Waals surface area (Å²) in [5, 5.41) is 13.3. The number of aliphatic hydroxyl groups excluding tert-OH is 1. The molecule has 23 heavy (non-hydrogen) atoms. The van der Waals surface area contributed by atoms with Gasteiger partial charge in [0.2, 0.25) is 5.82 Å². The molecule has 124 valence electrons. The molecule has 0 aliphatic heterocycles. The lowest BCUT2D eigenvalue weighted by Crippen LogP contribution is -2.39. The van der Waals surface area contributed by atoms with Crippen LogP contribution in [-0.4, -0.2) is 50.4 Å². The summed E-state index contributed by atoms with van der Waals surface area (Å²) >= 11 is 0. The van der Waals surface area contributed by atoms with E-state index in [1.54, 1.807) is 15.9 Å². The second-order valence-corrected chi connectivity index (χ2v) is 6.71. The lowest BCUT2D eigenvalue weighted by atomic mass is 9.96. The molecule has 0 saturated carbocycles. The molecule has 0 aliphatic rings. The summed E-state index contributed by atoms with van der Waals surface area (Å²) in [5.41, 5.74) is 0.824. The summed E-state index contributed by atoms with van der Waals surface area (Å²) in [6, 6.07) is 9.55. The Morgan fingerprint density at radius 1 is 1.26 bits per heavy atom. The molecule has 1 N–H and O–H groups in total. The average molecular weight is 316 g/mol. The molecule has 0 aliphatic carbocycles. The van der Waals surface area contributed by atoms with E-state index < -0.39 is 0 Å². The monoisotopic (exact) mass is 316 g/mol. The zero-order valence-electron chi connectivity index (χ0n) is 13.9. The Bertz CT molecular complexity index is 632. The van der Waals surface area contributed by atoms with Crippen LogP contribution in [0, 0.1) is 5.41 Å². The third kappa shape index (κ3) is 4.89. The minimum Gasteiger partial charge on any atom is -0.396 e. The van der Waals surface area contributed by atoms with Crippen molar-refractivity contribution in [3.63, 3.8) is 0 Å². The van der Waals surface area contributed by atoms with Crippen LogP contribution in [-0.2, 0) is 0 Å². The summed E-state index contributed by atoms with van der Waals surface area (Å²) in [5.74, 6) is -0.0286. The van der Waals surface area contributed by atoms with Crippen molar-refractivity contribution in [2.24, 2.45) is 5.41 Å². The predicted molar refractivity (Wildman–Crippen MR) is 88.4 cm³/mol. The second kappa shape index (κ2) is 7.37. The quantitative estimate of drug-likeness (QED) is 0.886. The zero-order valence-corrected chi connectivity index (χ0v) is 13.9. The molecule has 0 atom stereocenters. The van der Waals surface area contributed by atoms with Crippen molar-refractivity contribution >= 4 is 5.91 Å². The average Bonchev–Trinajstić information content (AvgIpc) is 3.00. The second-order valence-electron chi connectivity index (χ2n) is 6.71. The lowest BCUT2D eigenvalue weighted by molar-refractivity contribution is 0.0670. The van der Waals surface area contributed by atoms with Gasteiger partial charge >= 0.3 is 0 Å². The Balaban J connectivity index is 2.18. The van der Waals surface area contributed by atoms with Crippen LogP contribution in [0.1, 0.15) is 37.8 Å². The van der Waals surface area contributed by atoms with Gasteiger partial charge in [-0.15, -0.1) is 5.10 Å². The summed E-state index contributed by atoms with van der Waals surface area (Å²) < 4.78 is 1.59. The molecule has 2 aromatic rings. The minimum absolute atomic E-state index is 0.0346. The van der Waals surface area contributed by atoms with Gasteiger partial charge in [-0.25, -0.2) is 9.67 Å². The third-order valence-corrected chi connectivity index (χ3v) is 3.24. The SMILES string of the molecule is CC(C)(C)CN(CCCO)C(=O)c1ncn(-c2ccccc2)n1. The van der Waals surface area contributed by atoms with Crippen molar-refractivity contribution < 1.29 is 9.90 Å². The van der Waals surface area contributed by atoms with E-state index in [4.69, 9.17) is 5.11 Å². The lowest BCUT2D eigenvalue weighted by Gasteiger charge is -2.29. The van der Waals surface area contributed by atoms with Crippen LogP contribution in [0.15, 0.2) is 36.7 Å². The van der Waals surface area contributed by atoms with Crippen LogP contribution in [0.5, 0.6) is 0 Å². The molecule has 0 spiro atoms. The number of rotatable bonds is 6. The van der Waals surface area contributed by atoms with Crippen molar-refractivity contribution in [3.05, 3.63) is 42.5 Å². The maximum absolute atomic E-state index is 12.7. The maximum Gasteiger partial charge on any atom is 0.293 e. The van der Waals surface area contributed by atoms with E-state index in [0.717, 1.165) is 5.69 Å². The molecule has 0 fully saturated rings. The zero-order chi connectivity index (χ0) is 16.9. The van der Waals surface area contributed by atoms with E-state index in [0.29, 0.717) is 19.5 Å². The highest BCUT2D eigenvalue weighted by Gasteiger charge is 2.24. The number of aromatic nitrogens is 3. The van der Waals surface area contributed by atoms with Gasteiger partial charge in [0.15, 0.2) is 0 Å². The van der Waals surface area contributed by atoms with Gasteiger partial charge in [-0.05, 0) is 24.0 Å². The van der Waals surface area contributed by atoms with Gasteiger partial charge < -0.3 is 10.0 Å². The summed E-state index contributed by atoms with van der Waals surface area (Å²) in [7, 11) is 0. The summed E-state index contributed by atoms with van der Waals surface area (Å²) in [6.07, 6.45) is 2.09. The molecular weight excluding hydrogens is 292 g/mol. The van der Waals surface area contributed by atoms with Crippen molar-refractivity contribution in [2.45, 2.75) is 27.2 Å². The molecule has 0 saturated heterocycles. The highest BCUT2D eigenvalue weighted by molar-refractivity contribution is 5.90. The van der Waals surface area contributed by atoms with E-state index in [1.165, 1.54) is 0 Å². The van der Waals surface area contributed by atoms with Crippen molar-refractivity contribution in [1.82, 2.24) is 19.7 Å². The highest BCUT2D eigenvalue weighted by Crippen LogP contribution is 2.17. The fraction of sp³-hybridized carbons (Fsp3) is 0.471. The first kappa shape index (κ1) is 17.1. The number of para-hydroxylation sites is 1. The fourth-order valence-corrected chi connectivity index (χ4v) is 2.29. The van der Waals surface area contributed by atoms with E-state index in [-0.39, 0.29) is 23.8 Å². The molecule has 1 amide bonds. The van der Waals surface area contributed by atoms with Crippen LogP contribution in [0.4, 0.5) is 0 Å². The van der Waals surface area contributed by atoms with Gasteiger partial charge in [0.1, 0.15) is 6.33 Å².